The molecule has 0 spiro atoms. The summed E-state index contributed by atoms with van der Waals surface area (Å²) in [6, 6.07) is 7.99. The second-order valence-corrected chi connectivity index (χ2v) is 5.84. The quantitative estimate of drug-likeness (QED) is 0.471. The van der Waals surface area contributed by atoms with Crippen LogP contribution in [0.15, 0.2) is 29.3 Å². The minimum atomic E-state index is -0.0748. The second-order valence-electron chi connectivity index (χ2n) is 5.84. The number of nitrogens with one attached hydrogen (secondary N) is 1. The van der Waals surface area contributed by atoms with E-state index >= 15 is 0 Å². The monoisotopic (exact) mass is 391 g/mol. The van der Waals surface area contributed by atoms with Gasteiger partial charge in [0.25, 0.3) is 0 Å². The first kappa shape index (κ1) is 19.0. The van der Waals surface area contributed by atoms with Gasteiger partial charge in [0.1, 0.15) is 11.9 Å². The number of aliphatic imine (C=N–C) groups is 1. The van der Waals surface area contributed by atoms with Crippen LogP contribution in [0.25, 0.3) is 0 Å². The lowest BCUT2D eigenvalue weighted by molar-refractivity contribution is 0.230. The van der Waals surface area contributed by atoms with Crippen molar-refractivity contribution in [1.29, 1.82) is 0 Å². The van der Waals surface area contributed by atoms with Crippen LogP contribution in [0.3, 0.4) is 0 Å². The van der Waals surface area contributed by atoms with Crippen LogP contribution in [-0.4, -0.2) is 24.1 Å². The smallest absolute Gasteiger partial charge is 0.189 e. The number of guanidine groups is 1. The van der Waals surface area contributed by atoms with Crippen LogP contribution in [0, 0.1) is 6.92 Å². The van der Waals surface area contributed by atoms with Crippen LogP contribution in [0.4, 0.5) is 0 Å². The van der Waals surface area contributed by atoms with Gasteiger partial charge in [-0.05, 0) is 46.8 Å². The Morgan fingerprint density at radius 3 is 2.35 bits per heavy atom. The molecule has 0 aliphatic rings. The van der Waals surface area contributed by atoms with Crippen molar-refractivity contribution in [3.8, 4) is 5.75 Å². The maximum Gasteiger partial charge on any atom is 0.189 e. The molecule has 4 nitrogen and oxygen atoms in total. The molecule has 114 valence electrons. The molecular weight excluding hydrogens is 365 g/mol. The van der Waals surface area contributed by atoms with Crippen LogP contribution >= 0.6 is 24.0 Å². The van der Waals surface area contributed by atoms with Crippen molar-refractivity contribution < 1.29 is 4.74 Å². The summed E-state index contributed by atoms with van der Waals surface area (Å²) in [5.74, 6) is 1.31. The van der Waals surface area contributed by atoms with Crippen molar-refractivity contribution in [2.24, 2.45) is 10.7 Å². The number of halogens is 1. The van der Waals surface area contributed by atoms with Gasteiger partial charge in [0.05, 0.1) is 6.54 Å². The molecule has 20 heavy (non-hydrogen) atoms. The van der Waals surface area contributed by atoms with Gasteiger partial charge in [0.2, 0.25) is 0 Å². The molecule has 0 aliphatic carbocycles. The Morgan fingerprint density at radius 2 is 1.85 bits per heavy atom. The Hall–Kier alpha value is -0.980. The van der Waals surface area contributed by atoms with E-state index < -0.39 is 0 Å². The third-order valence-electron chi connectivity index (χ3n) is 2.38. The fraction of sp³-hybridized carbons (Fsp3) is 0.533. The van der Waals surface area contributed by atoms with Crippen LogP contribution in [0.5, 0.6) is 5.75 Å². The number of benzene rings is 1. The Morgan fingerprint density at radius 1 is 1.30 bits per heavy atom. The van der Waals surface area contributed by atoms with Gasteiger partial charge in [-0.3, -0.25) is 0 Å². The number of rotatable bonds is 4. The summed E-state index contributed by atoms with van der Waals surface area (Å²) in [7, 11) is 0. The standard InChI is InChI=1S/C15H25N3O.HI/c1-11-6-8-13(9-7-11)19-12(2)10-17-14(16)18-15(3,4)5;/h6-9,12H,10H2,1-5H3,(H3,16,17,18);1H. The largest absolute Gasteiger partial charge is 0.489 e. The van der Waals surface area contributed by atoms with Gasteiger partial charge < -0.3 is 15.8 Å². The van der Waals surface area contributed by atoms with Gasteiger partial charge in [-0.2, -0.15) is 0 Å². The minimum Gasteiger partial charge on any atom is -0.489 e. The Labute approximate surface area is 139 Å². The number of aryl methyl sites for hydroxylation is 1. The highest BCUT2D eigenvalue weighted by atomic mass is 127. The molecule has 3 N–H and O–H groups in total. The molecule has 0 aromatic heterocycles. The second kappa shape index (κ2) is 8.34. The van der Waals surface area contributed by atoms with Crippen molar-refractivity contribution in [3.05, 3.63) is 29.8 Å². The van der Waals surface area contributed by atoms with Crippen LogP contribution in [-0.2, 0) is 0 Å². The van der Waals surface area contributed by atoms with E-state index in [9.17, 15) is 0 Å². The molecule has 1 aromatic carbocycles. The van der Waals surface area contributed by atoms with Crippen molar-refractivity contribution in [2.45, 2.75) is 46.3 Å². The number of nitrogens with two attached hydrogens (primary N) is 1. The first-order valence-electron chi connectivity index (χ1n) is 6.58. The molecule has 1 unspecified atom stereocenters. The summed E-state index contributed by atoms with van der Waals surface area (Å²) in [5.41, 5.74) is 6.95. The van der Waals surface area contributed by atoms with E-state index in [1.165, 1.54) is 5.56 Å². The predicted octanol–water partition coefficient (Wildman–Crippen LogP) is 3.08. The highest BCUT2D eigenvalue weighted by Gasteiger charge is 2.10. The summed E-state index contributed by atoms with van der Waals surface area (Å²) in [4.78, 5) is 4.28. The highest BCUT2D eigenvalue weighted by molar-refractivity contribution is 14.0. The molecule has 1 atom stereocenters. The minimum absolute atomic E-state index is 0. The fourth-order valence-corrected chi connectivity index (χ4v) is 1.54. The predicted molar refractivity (Wildman–Crippen MR) is 96.1 cm³/mol. The van der Waals surface area contributed by atoms with Gasteiger partial charge in [0, 0.05) is 5.54 Å². The molecular formula is C15H26IN3O. The van der Waals surface area contributed by atoms with Gasteiger partial charge in [-0.15, -0.1) is 24.0 Å². The topological polar surface area (TPSA) is 59.6 Å². The highest BCUT2D eigenvalue weighted by Crippen LogP contribution is 2.13. The summed E-state index contributed by atoms with van der Waals surface area (Å²) in [6.45, 7) is 10.7. The lowest BCUT2D eigenvalue weighted by atomic mass is 10.1. The lowest BCUT2D eigenvalue weighted by Gasteiger charge is -2.21. The molecule has 0 fully saturated rings. The SMILES string of the molecule is Cc1ccc(OC(C)CN=C(N)NC(C)(C)C)cc1.I. The number of hydrogen-bond acceptors (Lipinski definition) is 2. The Kier molecular flexibility index (Phi) is 7.93. The Balaban J connectivity index is 0.00000361. The molecule has 0 amide bonds. The summed E-state index contributed by atoms with van der Waals surface area (Å²) in [6.07, 6.45) is -0.0111. The van der Waals surface area contributed by atoms with E-state index in [1.807, 2.05) is 52.0 Å². The molecule has 0 aliphatic heterocycles. The summed E-state index contributed by atoms with van der Waals surface area (Å²) < 4.78 is 5.76. The first-order valence-corrected chi connectivity index (χ1v) is 6.58. The Bertz CT molecular complexity index is 424. The van der Waals surface area contributed by atoms with E-state index in [2.05, 4.69) is 17.2 Å². The summed E-state index contributed by atoms with van der Waals surface area (Å²) >= 11 is 0. The van der Waals surface area contributed by atoms with Crippen LogP contribution in [0.2, 0.25) is 0 Å². The zero-order valence-electron chi connectivity index (χ0n) is 12.9. The zero-order valence-corrected chi connectivity index (χ0v) is 15.3. The average molecular weight is 391 g/mol. The normalized spacial score (nSPS) is 13.3. The average Bonchev–Trinajstić information content (AvgIpc) is 2.27. The third kappa shape index (κ3) is 8.24. The van der Waals surface area contributed by atoms with Crippen molar-refractivity contribution >= 4 is 29.9 Å². The van der Waals surface area contributed by atoms with Gasteiger partial charge >= 0.3 is 0 Å². The van der Waals surface area contributed by atoms with Gasteiger partial charge in [-0.1, -0.05) is 17.7 Å². The van der Waals surface area contributed by atoms with Crippen molar-refractivity contribution in [3.63, 3.8) is 0 Å². The molecule has 0 bridgehead atoms. The van der Waals surface area contributed by atoms with E-state index in [4.69, 9.17) is 10.5 Å². The van der Waals surface area contributed by atoms with Gasteiger partial charge in [0.15, 0.2) is 5.96 Å². The molecule has 0 saturated carbocycles. The van der Waals surface area contributed by atoms with E-state index in [0.29, 0.717) is 12.5 Å². The lowest BCUT2D eigenvalue weighted by Crippen LogP contribution is -2.45. The summed E-state index contributed by atoms with van der Waals surface area (Å²) in [5, 5.41) is 3.12. The molecule has 0 heterocycles. The molecule has 1 aromatic rings. The molecule has 0 radical (unpaired) electrons. The van der Waals surface area contributed by atoms with Crippen LogP contribution in [0.1, 0.15) is 33.3 Å². The number of ether oxygens (including phenoxy) is 1. The zero-order chi connectivity index (χ0) is 14.5. The van der Waals surface area contributed by atoms with E-state index in [-0.39, 0.29) is 35.6 Å². The third-order valence-corrected chi connectivity index (χ3v) is 2.38. The van der Waals surface area contributed by atoms with E-state index in [1.54, 1.807) is 0 Å². The fourth-order valence-electron chi connectivity index (χ4n) is 1.54. The molecule has 5 heteroatoms. The van der Waals surface area contributed by atoms with Crippen molar-refractivity contribution in [1.82, 2.24) is 5.32 Å². The van der Waals surface area contributed by atoms with Crippen molar-refractivity contribution in [2.75, 3.05) is 6.54 Å². The number of nitrogens with zero attached hydrogens (tertiary/aromatic N) is 1. The molecule has 0 saturated heterocycles. The van der Waals surface area contributed by atoms with E-state index in [0.717, 1.165) is 5.75 Å². The maximum atomic E-state index is 5.80. The maximum absolute atomic E-state index is 5.80. The van der Waals surface area contributed by atoms with Gasteiger partial charge in [-0.25, -0.2) is 4.99 Å². The van der Waals surface area contributed by atoms with Crippen LogP contribution < -0.4 is 15.8 Å². The first-order chi connectivity index (χ1) is 8.76. The number of hydrogen-bond donors (Lipinski definition) is 2. The molecule has 1 rings (SSSR count).